The molecule has 15 heavy (non-hydrogen) atoms. The first-order chi connectivity index (χ1) is 7.24. The highest BCUT2D eigenvalue weighted by molar-refractivity contribution is 5.05. The largest absolute Gasteiger partial charge is 0.472 e. The molecule has 1 aromatic rings. The van der Waals surface area contributed by atoms with Crippen molar-refractivity contribution in [1.82, 2.24) is 4.90 Å². The van der Waals surface area contributed by atoms with Gasteiger partial charge in [0, 0.05) is 18.7 Å². The van der Waals surface area contributed by atoms with E-state index in [1.807, 2.05) is 12.3 Å². The normalized spacial score (nSPS) is 18.3. The number of nitrogens with two attached hydrogens (primary N) is 1. The van der Waals surface area contributed by atoms with Crippen LogP contribution in [-0.2, 0) is 6.54 Å². The Morgan fingerprint density at radius 2 is 2.33 bits per heavy atom. The van der Waals surface area contributed by atoms with Crippen LogP contribution in [0.2, 0.25) is 0 Å². The lowest BCUT2D eigenvalue weighted by Gasteiger charge is -2.22. The zero-order chi connectivity index (χ0) is 10.7. The van der Waals surface area contributed by atoms with Crippen molar-refractivity contribution in [2.24, 2.45) is 11.1 Å². The molecule has 0 radical (unpaired) electrons. The van der Waals surface area contributed by atoms with Gasteiger partial charge in [-0.2, -0.15) is 0 Å². The lowest BCUT2D eigenvalue weighted by Crippen LogP contribution is -2.27. The third kappa shape index (κ3) is 2.83. The maximum Gasteiger partial charge on any atom is 0.0947 e. The highest BCUT2D eigenvalue weighted by Gasteiger charge is 2.42. The van der Waals surface area contributed by atoms with Crippen LogP contribution in [-0.4, -0.2) is 25.0 Å². The standard InChI is InChI=1S/C12H20N2O/c1-14(8-11-2-7-15-9-11)10-12(3-4-12)5-6-13/h2,7,9H,3-6,8,10,13H2,1H3. The van der Waals surface area contributed by atoms with Gasteiger partial charge in [0.2, 0.25) is 0 Å². The summed E-state index contributed by atoms with van der Waals surface area (Å²) in [4.78, 5) is 2.37. The molecular formula is C12H20N2O. The maximum atomic E-state index is 5.63. The van der Waals surface area contributed by atoms with Gasteiger partial charge in [0.1, 0.15) is 0 Å². The molecule has 0 bridgehead atoms. The van der Waals surface area contributed by atoms with E-state index in [2.05, 4.69) is 11.9 Å². The topological polar surface area (TPSA) is 42.4 Å². The highest BCUT2D eigenvalue weighted by atomic mass is 16.3. The van der Waals surface area contributed by atoms with E-state index in [9.17, 15) is 0 Å². The second-order valence-electron chi connectivity index (χ2n) is 4.84. The molecule has 0 atom stereocenters. The number of nitrogens with zero attached hydrogens (tertiary/aromatic N) is 1. The van der Waals surface area contributed by atoms with Crippen LogP contribution in [0.15, 0.2) is 23.0 Å². The van der Waals surface area contributed by atoms with E-state index >= 15 is 0 Å². The quantitative estimate of drug-likeness (QED) is 0.775. The van der Waals surface area contributed by atoms with Crippen molar-refractivity contribution in [2.75, 3.05) is 20.1 Å². The zero-order valence-corrected chi connectivity index (χ0v) is 9.41. The second-order valence-corrected chi connectivity index (χ2v) is 4.84. The van der Waals surface area contributed by atoms with Crippen LogP contribution in [0.1, 0.15) is 24.8 Å². The van der Waals surface area contributed by atoms with Gasteiger partial charge in [-0.1, -0.05) is 0 Å². The van der Waals surface area contributed by atoms with Gasteiger partial charge in [-0.3, -0.25) is 0 Å². The van der Waals surface area contributed by atoms with Crippen molar-refractivity contribution in [3.63, 3.8) is 0 Å². The van der Waals surface area contributed by atoms with Crippen molar-refractivity contribution >= 4 is 0 Å². The molecule has 0 saturated heterocycles. The molecule has 1 aliphatic carbocycles. The van der Waals surface area contributed by atoms with Gasteiger partial charge < -0.3 is 15.1 Å². The minimum Gasteiger partial charge on any atom is -0.472 e. The lowest BCUT2D eigenvalue weighted by atomic mass is 10.0. The fourth-order valence-corrected chi connectivity index (χ4v) is 2.29. The Kier molecular flexibility index (Phi) is 3.12. The van der Waals surface area contributed by atoms with E-state index in [1.165, 1.54) is 24.8 Å². The first-order valence-corrected chi connectivity index (χ1v) is 5.64. The van der Waals surface area contributed by atoms with Crippen LogP contribution in [0, 0.1) is 5.41 Å². The Balaban J connectivity index is 1.80. The number of hydrogen-bond donors (Lipinski definition) is 1. The smallest absolute Gasteiger partial charge is 0.0947 e. The van der Waals surface area contributed by atoms with Gasteiger partial charge in [0.05, 0.1) is 12.5 Å². The molecular weight excluding hydrogens is 188 g/mol. The van der Waals surface area contributed by atoms with E-state index in [-0.39, 0.29) is 0 Å². The summed E-state index contributed by atoms with van der Waals surface area (Å²) in [6.45, 7) is 2.96. The Bertz CT molecular complexity index is 291. The molecule has 3 heteroatoms. The summed E-state index contributed by atoms with van der Waals surface area (Å²) in [6, 6.07) is 2.03. The second kappa shape index (κ2) is 4.37. The molecule has 1 aromatic heterocycles. The maximum absolute atomic E-state index is 5.63. The Morgan fingerprint density at radius 1 is 1.53 bits per heavy atom. The summed E-state index contributed by atoms with van der Waals surface area (Å²) in [7, 11) is 2.17. The van der Waals surface area contributed by atoms with Gasteiger partial charge in [-0.25, -0.2) is 0 Å². The average Bonchev–Trinajstić information content (AvgIpc) is 2.75. The summed E-state index contributed by atoms with van der Waals surface area (Å²) < 4.78 is 5.06. The fourth-order valence-electron chi connectivity index (χ4n) is 2.29. The number of hydrogen-bond acceptors (Lipinski definition) is 3. The van der Waals surface area contributed by atoms with Gasteiger partial charge in [-0.15, -0.1) is 0 Å². The third-order valence-electron chi connectivity index (χ3n) is 3.27. The zero-order valence-electron chi connectivity index (χ0n) is 9.41. The summed E-state index contributed by atoms with van der Waals surface area (Å²) in [6.07, 6.45) is 7.41. The van der Waals surface area contributed by atoms with E-state index in [1.54, 1.807) is 6.26 Å². The van der Waals surface area contributed by atoms with Crippen LogP contribution in [0.3, 0.4) is 0 Å². The van der Waals surface area contributed by atoms with Crippen molar-refractivity contribution in [3.8, 4) is 0 Å². The molecule has 3 nitrogen and oxygen atoms in total. The predicted molar refractivity (Wildman–Crippen MR) is 60.4 cm³/mol. The Morgan fingerprint density at radius 3 is 2.87 bits per heavy atom. The molecule has 84 valence electrons. The number of rotatable bonds is 6. The minimum absolute atomic E-state index is 0.535. The Labute approximate surface area is 91.2 Å². The number of furan rings is 1. The molecule has 1 heterocycles. The summed E-state index contributed by atoms with van der Waals surface area (Å²) >= 11 is 0. The Hall–Kier alpha value is -0.800. The van der Waals surface area contributed by atoms with Gasteiger partial charge in [0.25, 0.3) is 0 Å². The molecule has 0 unspecified atom stereocenters. The average molecular weight is 208 g/mol. The molecule has 2 rings (SSSR count). The molecule has 0 aromatic carbocycles. The molecule has 0 spiro atoms. The highest BCUT2D eigenvalue weighted by Crippen LogP contribution is 2.48. The van der Waals surface area contributed by atoms with Crippen molar-refractivity contribution < 1.29 is 4.42 Å². The van der Waals surface area contributed by atoms with Crippen LogP contribution in [0.5, 0.6) is 0 Å². The fraction of sp³-hybridized carbons (Fsp3) is 0.667. The SMILES string of the molecule is CN(Cc1ccoc1)CC1(CCN)CC1. The summed E-state index contributed by atoms with van der Waals surface area (Å²) in [5.41, 5.74) is 7.42. The van der Waals surface area contributed by atoms with Crippen LogP contribution in [0.4, 0.5) is 0 Å². The molecule has 1 saturated carbocycles. The first-order valence-electron chi connectivity index (χ1n) is 5.64. The van der Waals surface area contributed by atoms with E-state index < -0.39 is 0 Å². The molecule has 1 fully saturated rings. The van der Waals surface area contributed by atoms with E-state index in [4.69, 9.17) is 10.2 Å². The first kappa shape index (κ1) is 10.7. The van der Waals surface area contributed by atoms with Gasteiger partial charge in [-0.05, 0) is 44.3 Å². The molecule has 0 amide bonds. The lowest BCUT2D eigenvalue weighted by molar-refractivity contribution is 0.247. The van der Waals surface area contributed by atoms with Gasteiger partial charge in [0.15, 0.2) is 0 Å². The summed E-state index contributed by atoms with van der Waals surface area (Å²) in [5.74, 6) is 0. The summed E-state index contributed by atoms with van der Waals surface area (Å²) in [5, 5.41) is 0. The predicted octanol–water partition coefficient (Wildman–Crippen LogP) is 1.84. The molecule has 1 aliphatic rings. The minimum atomic E-state index is 0.535. The van der Waals surface area contributed by atoms with Crippen LogP contribution < -0.4 is 5.73 Å². The molecule has 2 N–H and O–H groups in total. The van der Waals surface area contributed by atoms with Crippen LogP contribution in [0.25, 0.3) is 0 Å². The van der Waals surface area contributed by atoms with E-state index in [0.29, 0.717) is 5.41 Å². The third-order valence-corrected chi connectivity index (χ3v) is 3.27. The van der Waals surface area contributed by atoms with Gasteiger partial charge >= 0.3 is 0 Å². The monoisotopic (exact) mass is 208 g/mol. The van der Waals surface area contributed by atoms with Crippen molar-refractivity contribution in [1.29, 1.82) is 0 Å². The van der Waals surface area contributed by atoms with Crippen molar-refractivity contribution in [2.45, 2.75) is 25.8 Å². The van der Waals surface area contributed by atoms with Crippen molar-refractivity contribution in [3.05, 3.63) is 24.2 Å². The molecule has 0 aliphatic heterocycles. The van der Waals surface area contributed by atoms with E-state index in [0.717, 1.165) is 19.6 Å². The van der Waals surface area contributed by atoms with Crippen LogP contribution >= 0.6 is 0 Å².